The van der Waals surface area contributed by atoms with E-state index in [-0.39, 0.29) is 12.4 Å². The van der Waals surface area contributed by atoms with Crippen molar-refractivity contribution in [3.63, 3.8) is 0 Å². The predicted molar refractivity (Wildman–Crippen MR) is 91.0 cm³/mol. The Morgan fingerprint density at radius 3 is 1.45 bits per heavy atom. The van der Waals surface area contributed by atoms with Crippen LogP contribution in [0, 0.1) is 0 Å². The second-order valence-electron chi connectivity index (χ2n) is 6.62. The van der Waals surface area contributed by atoms with Gasteiger partial charge < -0.3 is 0 Å². The zero-order valence-corrected chi connectivity index (χ0v) is 18.0. The zero-order valence-electron chi connectivity index (χ0n) is 13.6. The van der Waals surface area contributed by atoms with E-state index in [2.05, 4.69) is 52.9 Å². The molecule has 0 saturated carbocycles. The molecule has 2 rings (SSSR count). The molecule has 0 nitrogen and oxygen atoms in total. The number of hydrogen-bond acceptors (Lipinski definition) is 0. The molecule has 0 bridgehead atoms. The molecular formula is C17H26ClSiZr. The molecule has 0 aromatic heterocycles. The first kappa shape index (κ1) is 18.4. The molecule has 0 aliphatic heterocycles. The van der Waals surface area contributed by atoms with Gasteiger partial charge in [-0.15, -0.1) is 12.4 Å². The Hall–Kier alpha value is 0.350. The van der Waals surface area contributed by atoms with E-state index >= 15 is 0 Å². The third-order valence-corrected chi connectivity index (χ3v) is 12.8. The van der Waals surface area contributed by atoms with Crippen LogP contribution in [0.3, 0.4) is 0 Å². The van der Waals surface area contributed by atoms with Crippen molar-refractivity contribution in [2.45, 2.75) is 56.4 Å². The average molecular weight is 385 g/mol. The predicted octanol–water partition coefficient (Wildman–Crippen LogP) is 5.47. The van der Waals surface area contributed by atoms with Gasteiger partial charge in [-0.05, 0) is 0 Å². The third kappa shape index (κ3) is 3.08. The summed E-state index contributed by atoms with van der Waals surface area (Å²) in [5.74, 6) is 0. The van der Waals surface area contributed by atoms with Crippen LogP contribution in [-0.2, 0) is 24.7 Å². The molecule has 0 amide bonds. The summed E-state index contributed by atoms with van der Waals surface area (Å²) in [6.07, 6.45) is 7.27. The van der Waals surface area contributed by atoms with Crippen molar-refractivity contribution in [1.29, 1.82) is 0 Å². The summed E-state index contributed by atoms with van der Waals surface area (Å²) in [5.41, 5.74) is 9.72. The molecular weight excluding hydrogens is 359 g/mol. The van der Waals surface area contributed by atoms with Gasteiger partial charge in [-0.25, -0.2) is 0 Å². The zero-order chi connectivity index (χ0) is 14.4. The molecule has 0 spiro atoms. The summed E-state index contributed by atoms with van der Waals surface area (Å²) in [4.78, 5) is 0. The van der Waals surface area contributed by atoms with E-state index in [1.807, 2.05) is 0 Å². The van der Waals surface area contributed by atoms with Crippen LogP contribution in [0.5, 0.6) is 0 Å². The van der Waals surface area contributed by atoms with Gasteiger partial charge in [0.25, 0.3) is 0 Å². The first-order valence-electron chi connectivity index (χ1n) is 7.26. The minimum atomic E-state index is -0.781. The fraction of sp³-hybridized carbons (Fsp3) is 0.529. The van der Waals surface area contributed by atoms with E-state index in [0.717, 1.165) is 0 Å². The molecule has 109 valence electrons. The van der Waals surface area contributed by atoms with Gasteiger partial charge in [-0.2, -0.15) is 0 Å². The summed E-state index contributed by atoms with van der Waals surface area (Å²) < 4.78 is 0.448. The molecule has 0 fully saturated rings. The Kier molecular flexibility index (Phi) is 6.10. The number of allylic oxidation sites excluding steroid dienone is 8. The molecule has 0 heterocycles. The first-order valence-corrected chi connectivity index (χ1v) is 11.4. The maximum absolute atomic E-state index is 2.54. The van der Waals surface area contributed by atoms with E-state index in [9.17, 15) is 0 Å². The fourth-order valence-corrected chi connectivity index (χ4v) is 7.09. The van der Waals surface area contributed by atoms with Crippen LogP contribution in [0.15, 0.2) is 45.6 Å². The van der Waals surface area contributed by atoms with Crippen LogP contribution >= 0.6 is 12.4 Å². The summed E-state index contributed by atoms with van der Waals surface area (Å²) in [7, 11) is -0.781. The van der Waals surface area contributed by atoms with Crippen molar-refractivity contribution in [2.24, 2.45) is 0 Å². The molecule has 0 aromatic rings. The summed E-state index contributed by atoms with van der Waals surface area (Å²) in [6.45, 7) is 14.3. The maximum atomic E-state index is 2.54. The number of halogens is 1. The molecule has 2 aliphatic rings. The summed E-state index contributed by atoms with van der Waals surface area (Å²) in [6, 6.07) is 0. The quantitative estimate of drug-likeness (QED) is 0.565. The van der Waals surface area contributed by atoms with Crippen molar-refractivity contribution < 1.29 is 24.7 Å². The second kappa shape index (κ2) is 6.63. The van der Waals surface area contributed by atoms with Crippen LogP contribution in [0.25, 0.3) is 0 Å². The molecule has 0 aromatic carbocycles. The van der Waals surface area contributed by atoms with Crippen molar-refractivity contribution in [3.8, 4) is 0 Å². The molecule has 0 saturated heterocycles. The number of rotatable bonds is 3. The largest absolute Gasteiger partial charge is 0.147 e. The molecule has 3 heteroatoms. The Balaban J connectivity index is 0.00000200. The Labute approximate surface area is 147 Å². The van der Waals surface area contributed by atoms with E-state index in [0.29, 0.717) is 2.75 Å². The van der Waals surface area contributed by atoms with E-state index in [1.165, 1.54) is 12.8 Å². The topological polar surface area (TPSA) is 0 Å². The van der Waals surface area contributed by atoms with Gasteiger partial charge in [0.2, 0.25) is 0 Å². The van der Waals surface area contributed by atoms with E-state index in [1.54, 1.807) is 58.2 Å². The number of hydrogen-bond donors (Lipinski definition) is 0. The van der Waals surface area contributed by atoms with E-state index in [4.69, 9.17) is 0 Å². The molecule has 0 unspecified atom stereocenters. The maximum Gasteiger partial charge on any atom is -0.147 e. The molecule has 20 heavy (non-hydrogen) atoms. The minimum absolute atomic E-state index is 0. The monoisotopic (exact) mass is 383 g/mol. The fourth-order valence-electron chi connectivity index (χ4n) is 3.63. The van der Waals surface area contributed by atoms with Gasteiger partial charge in [0.15, 0.2) is 0 Å². The van der Waals surface area contributed by atoms with Crippen LogP contribution < -0.4 is 0 Å². The van der Waals surface area contributed by atoms with Crippen molar-refractivity contribution in [1.82, 2.24) is 0 Å². The molecule has 2 aliphatic carbocycles. The molecule has 0 radical (unpaired) electrons. The van der Waals surface area contributed by atoms with Crippen molar-refractivity contribution >= 4 is 21.2 Å². The minimum Gasteiger partial charge on any atom is -0.147 e. The van der Waals surface area contributed by atoms with Gasteiger partial charge in [0, 0.05) is 0 Å². The van der Waals surface area contributed by atoms with E-state index < -0.39 is 8.80 Å². The van der Waals surface area contributed by atoms with Gasteiger partial charge in [0.05, 0.1) is 0 Å². The van der Waals surface area contributed by atoms with Gasteiger partial charge in [-0.3, -0.25) is 0 Å². The summed E-state index contributed by atoms with van der Waals surface area (Å²) >= 11 is 1.72. The second-order valence-corrected chi connectivity index (χ2v) is 13.2. The smallest absolute Gasteiger partial charge is 0.147 e. The SMILES string of the molecule is CC1=CC(C)=C([C]([Zr])(C2=C(C)C=C(C)C2)[SiH](C)C)C1.Cl. The van der Waals surface area contributed by atoms with Crippen LogP contribution in [0.2, 0.25) is 15.8 Å². The Morgan fingerprint density at radius 1 is 0.900 bits per heavy atom. The van der Waals surface area contributed by atoms with Crippen LogP contribution in [-0.4, -0.2) is 8.80 Å². The Morgan fingerprint density at radius 2 is 1.25 bits per heavy atom. The Bertz CT molecular complexity index is 493. The summed E-state index contributed by atoms with van der Waals surface area (Å²) in [5, 5.41) is 0. The first-order chi connectivity index (χ1) is 8.76. The average Bonchev–Trinajstić information content (AvgIpc) is 2.80. The van der Waals surface area contributed by atoms with Crippen LogP contribution in [0.1, 0.15) is 40.5 Å². The third-order valence-electron chi connectivity index (χ3n) is 4.61. The van der Waals surface area contributed by atoms with Gasteiger partial charge in [-0.1, -0.05) is 0 Å². The molecule has 0 N–H and O–H groups in total. The van der Waals surface area contributed by atoms with Crippen molar-refractivity contribution in [3.05, 3.63) is 45.6 Å². The molecule has 0 atom stereocenters. The van der Waals surface area contributed by atoms with Crippen LogP contribution in [0.4, 0.5) is 0 Å². The van der Waals surface area contributed by atoms with Gasteiger partial charge in [0.1, 0.15) is 0 Å². The normalized spacial score (nSPS) is 19.5. The standard InChI is InChI=1S/C17H25Si.ClH.Zr/c1-11-7-13(3)15(9-11)17(18(5)6)16-10-12(2)8-14(16)4;;/h7-8,18H,9-10H2,1-6H3;1H;. The van der Waals surface area contributed by atoms with Gasteiger partial charge >= 0.3 is 135 Å². The van der Waals surface area contributed by atoms with Crippen molar-refractivity contribution in [2.75, 3.05) is 0 Å².